The van der Waals surface area contributed by atoms with Crippen LogP contribution in [0.25, 0.3) is 0 Å². The molecule has 1 aliphatic heterocycles. The third kappa shape index (κ3) is 6.17. The summed E-state index contributed by atoms with van der Waals surface area (Å²) < 4.78 is 4.99. The zero-order valence-corrected chi connectivity index (χ0v) is 15.8. The maximum Gasteiger partial charge on any atom is 0.319 e. The average molecular weight is 394 g/mol. The lowest BCUT2D eigenvalue weighted by atomic mass is 10.1. The second-order valence-electron chi connectivity index (χ2n) is 6.34. The second kappa shape index (κ2) is 10.0. The molecule has 0 aliphatic carbocycles. The van der Waals surface area contributed by atoms with E-state index >= 15 is 0 Å². The van der Waals surface area contributed by atoms with Crippen LogP contribution < -0.4 is 10.6 Å². The van der Waals surface area contributed by atoms with Crippen LogP contribution >= 0.6 is 0 Å². The average Bonchev–Trinajstić information content (AvgIpc) is 3.24. The van der Waals surface area contributed by atoms with Gasteiger partial charge in [-0.25, -0.2) is 9.80 Å². The van der Waals surface area contributed by atoms with Crippen LogP contribution in [0.2, 0.25) is 0 Å². The smallest absolute Gasteiger partial charge is 0.319 e. The standard InChI is InChI=1S/C21H22N4O4/c26-19(25-14-12-18(24-25)16-7-3-1-4-8-16)15-29-20(27)11-13-22-21(28)23-17-9-5-2-6-10-17/h1-10H,11-15H2,(H2,22,23,28). The maximum atomic E-state index is 12.2. The molecule has 8 heteroatoms. The fraction of sp³-hybridized carbons (Fsp3) is 0.238. The van der Waals surface area contributed by atoms with E-state index in [4.69, 9.17) is 4.74 Å². The number of carbonyl (C=O) groups is 3. The Morgan fingerprint density at radius 3 is 2.41 bits per heavy atom. The first-order chi connectivity index (χ1) is 14.1. The van der Waals surface area contributed by atoms with Crippen LogP contribution in [-0.2, 0) is 14.3 Å². The first-order valence-electron chi connectivity index (χ1n) is 9.30. The van der Waals surface area contributed by atoms with Gasteiger partial charge in [0.2, 0.25) is 0 Å². The van der Waals surface area contributed by atoms with E-state index in [9.17, 15) is 14.4 Å². The van der Waals surface area contributed by atoms with Crippen molar-refractivity contribution in [2.45, 2.75) is 12.8 Å². The molecule has 8 nitrogen and oxygen atoms in total. The predicted octanol–water partition coefficient (Wildman–Crippen LogP) is 2.38. The van der Waals surface area contributed by atoms with Crippen molar-refractivity contribution in [2.75, 3.05) is 25.0 Å². The Hall–Kier alpha value is -3.68. The Bertz CT molecular complexity index is 884. The Morgan fingerprint density at radius 2 is 1.69 bits per heavy atom. The number of para-hydroxylation sites is 1. The summed E-state index contributed by atoms with van der Waals surface area (Å²) in [7, 11) is 0. The van der Waals surface area contributed by atoms with Gasteiger partial charge in [0.15, 0.2) is 6.61 Å². The number of anilines is 1. The van der Waals surface area contributed by atoms with Gasteiger partial charge in [0.25, 0.3) is 5.91 Å². The number of hydrogen-bond donors (Lipinski definition) is 2. The lowest BCUT2D eigenvalue weighted by Crippen LogP contribution is -2.32. The highest BCUT2D eigenvalue weighted by Crippen LogP contribution is 2.13. The molecule has 0 atom stereocenters. The SMILES string of the molecule is O=C(NCCC(=O)OCC(=O)N1CCC(c2ccccc2)=N1)Nc1ccccc1. The van der Waals surface area contributed by atoms with Gasteiger partial charge in [-0.15, -0.1) is 0 Å². The summed E-state index contributed by atoms with van der Waals surface area (Å²) >= 11 is 0. The number of nitrogens with one attached hydrogen (secondary N) is 2. The highest BCUT2D eigenvalue weighted by atomic mass is 16.5. The summed E-state index contributed by atoms with van der Waals surface area (Å²) in [5.74, 6) is -0.941. The molecule has 0 bridgehead atoms. The summed E-state index contributed by atoms with van der Waals surface area (Å²) in [6.07, 6.45) is 0.623. The molecule has 2 aromatic carbocycles. The molecule has 0 radical (unpaired) electrons. The first kappa shape index (κ1) is 20.1. The normalized spacial score (nSPS) is 12.8. The number of amides is 3. The number of urea groups is 1. The van der Waals surface area contributed by atoms with E-state index in [2.05, 4.69) is 15.7 Å². The summed E-state index contributed by atoms with van der Waals surface area (Å²) in [6.45, 7) is 0.189. The maximum absolute atomic E-state index is 12.2. The number of hydrazone groups is 1. The number of esters is 1. The van der Waals surface area contributed by atoms with E-state index in [0.717, 1.165) is 11.3 Å². The molecule has 0 aromatic heterocycles. The van der Waals surface area contributed by atoms with Crippen LogP contribution in [-0.4, -0.2) is 48.3 Å². The van der Waals surface area contributed by atoms with E-state index in [-0.39, 0.29) is 25.5 Å². The number of ether oxygens (including phenoxy) is 1. The van der Waals surface area contributed by atoms with Crippen molar-refractivity contribution in [1.82, 2.24) is 10.3 Å². The molecular formula is C21H22N4O4. The molecule has 2 aromatic rings. The third-order valence-corrected chi connectivity index (χ3v) is 4.20. The van der Waals surface area contributed by atoms with Gasteiger partial charge >= 0.3 is 12.0 Å². The van der Waals surface area contributed by atoms with Crippen LogP contribution in [0.3, 0.4) is 0 Å². The molecule has 0 fully saturated rings. The van der Waals surface area contributed by atoms with E-state index in [0.29, 0.717) is 18.7 Å². The van der Waals surface area contributed by atoms with Gasteiger partial charge in [-0.2, -0.15) is 5.10 Å². The van der Waals surface area contributed by atoms with Crippen molar-refractivity contribution in [2.24, 2.45) is 5.10 Å². The number of nitrogens with zero attached hydrogens (tertiary/aromatic N) is 2. The predicted molar refractivity (Wildman–Crippen MR) is 108 cm³/mol. The number of hydrogen-bond acceptors (Lipinski definition) is 5. The Labute approximate surface area is 168 Å². The van der Waals surface area contributed by atoms with Crippen molar-refractivity contribution in [1.29, 1.82) is 0 Å². The van der Waals surface area contributed by atoms with Gasteiger partial charge in [-0.05, 0) is 17.7 Å². The summed E-state index contributed by atoms with van der Waals surface area (Å²) in [5, 5.41) is 10.8. The molecule has 3 rings (SSSR count). The largest absolute Gasteiger partial charge is 0.455 e. The molecule has 0 unspecified atom stereocenters. The molecule has 2 N–H and O–H groups in total. The summed E-state index contributed by atoms with van der Waals surface area (Å²) in [4.78, 5) is 35.7. The Balaban J connectivity index is 1.34. The van der Waals surface area contributed by atoms with Gasteiger partial charge < -0.3 is 15.4 Å². The van der Waals surface area contributed by atoms with E-state index in [1.807, 2.05) is 36.4 Å². The third-order valence-electron chi connectivity index (χ3n) is 4.20. The van der Waals surface area contributed by atoms with E-state index < -0.39 is 12.0 Å². The van der Waals surface area contributed by atoms with Crippen molar-refractivity contribution in [3.63, 3.8) is 0 Å². The Kier molecular flexibility index (Phi) is 6.94. The van der Waals surface area contributed by atoms with Crippen LogP contribution in [0, 0.1) is 0 Å². The number of rotatable bonds is 7. The highest BCUT2D eigenvalue weighted by molar-refractivity contribution is 6.02. The van der Waals surface area contributed by atoms with Gasteiger partial charge in [-0.1, -0.05) is 48.5 Å². The topological polar surface area (TPSA) is 100 Å². The van der Waals surface area contributed by atoms with Gasteiger partial charge in [0, 0.05) is 18.7 Å². The molecule has 3 amide bonds. The Morgan fingerprint density at radius 1 is 1.00 bits per heavy atom. The van der Waals surface area contributed by atoms with Crippen LogP contribution in [0.1, 0.15) is 18.4 Å². The quantitative estimate of drug-likeness (QED) is 0.704. The van der Waals surface area contributed by atoms with E-state index in [1.165, 1.54) is 5.01 Å². The number of carbonyl (C=O) groups excluding carboxylic acids is 3. The van der Waals surface area contributed by atoms with Crippen molar-refractivity contribution in [3.05, 3.63) is 66.2 Å². The zero-order chi connectivity index (χ0) is 20.5. The zero-order valence-electron chi connectivity index (χ0n) is 15.8. The van der Waals surface area contributed by atoms with E-state index in [1.54, 1.807) is 24.3 Å². The molecule has 150 valence electrons. The fourth-order valence-corrected chi connectivity index (χ4v) is 2.73. The minimum atomic E-state index is -0.565. The molecule has 0 saturated heterocycles. The monoisotopic (exact) mass is 394 g/mol. The molecule has 1 heterocycles. The fourth-order valence-electron chi connectivity index (χ4n) is 2.73. The first-order valence-corrected chi connectivity index (χ1v) is 9.30. The van der Waals surface area contributed by atoms with Crippen LogP contribution in [0.4, 0.5) is 10.5 Å². The second-order valence-corrected chi connectivity index (χ2v) is 6.34. The molecular weight excluding hydrogens is 372 g/mol. The summed E-state index contributed by atoms with van der Waals surface area (Å²) in [6, 6.07) is 18.2. The van der Waals surface area contributed by atoms with Crippen molar-refractivity contribution < 1.29 is 19.1 Å². The van der Waals surface area contributed by atoms with Gasteiger partial charge in [0.05, 0.1) is 18.7 Å². The lowest BCUT2D eigenvalue weighted by molar-refractivity contribution is -0.151. The van der Waals surface area contributed by atoms with Crippen LogP contribution in [0.15, 0.2) is 65.8 Å². The minimum Gasteiger partial charge on any atom is -0.455 e. The molecule has 0 saturated carbocycles. The molecule has 0 spiro atoms. The minimum absolute atomic E-state index is 0.0337. The molecule has 29 heavy (non-hydrogen) atoms. The van der Waals surface area contributed by atoms with Gasteiger partial charge in [-0.3, -0.25) is 9.59 Å². The molecule has 1 aliphatic rings. The number of benzene rings is 2. The highest BCUT2D eigenvalue weighted by Gasteiger charge is 2.22. The summed E-state index contributed by atoms with van der Waals surface area (Å²) in [5.41, 5.74) is 2.46. The van der Waals surface area contributed by atoms with Crippen molar-refractivity contribution >= 4 is 29.3 Å². The van der Waals surface area contributed by atoms with Gasteiger partial charge in [0.1, 0.15) is 0 Å². The van der Waals surface area contributed by atoms with Crippen LogP contribution in [0.5, 0.6) is 0 Å². The lowest BCUT2D eigenvalue weighted by Gasteiger charge is -2.12. The van der Waals surface area contributed by atoms with Crippen molar-refractivity contribution in [3.8, 4) is 0 Å².